The van der Waals surface area contributed by atoms with Crippen LogP contribution in [0.4, 0.5) is 0 Å². The number of ether oxygens (including phenoxy) is 1. The first kappa shape index (κ1) is 14.2. The highest BCUT2D eigenvalue weighted by atomic mass is 16.5. The Morgan fingerprint density at radius 3 is 2.88 bits per heavy atom. The number of nitrogens with one attached hydrogen (secondary N) is 1. The molecular formula is C18H19N3O3. The normalized spacial score (nSPS) is 28.2. The van der Waals surface area contributed by atoms with E-state index in [1.165, 1.54) is 0 Å². The van der Waals surface area contributed by atoms with Crippen molar-refractivity contribution in [3.8, 4) is 11.4 Å². The number of carbonyl (C=O) groups is 1. The lowest BCUT2D eigenvalue weighted by atomic mass is 9.95. The molecule has 3 atom stereocenters. The van der Waals surface area contributed by atoms with Crippen molar-refractivity contribution in [2.45, 2.75) is 56.3 Å². The molecule has 1 N–H and O–H groups in total. The van der Waals surface area contributed by atoms with Crippen LogP contribution in [0.5, 0.6) is 0 Å². The van der Waals surface area contributed by atoms with Crippen LogP contribution < -0.4 is 5.32 Å². The summed E-state index contributed by atoms with van der Waals surface area (Å²) >= 11 is 0. The molecule has 0 spiro atoms. The Kier molecular flexibility index (Phi) is 3.19. The Labute approximate surface area is 139 Å². The van der Waals surface area contributed by atoms with Crippen molar-refractivity contribution in [1.29, 1.82) is 0 Å². The number of benzene rings is 1. The lowest BCUT2D eigenvalue weighted by Crippen LogP contribution is -2.41. The number of fused-ring (bicyclic) bond motifs is 2. The molecule has 5 rings (SSSR count). The number of hydrogen-bond acceptors (Lipinski definition) is 5. The summed E-state index contributed by atoms with van der Waals surface area (Å²) < 4.78 is 11.1. The quantitative estimate of drug-likeness (QED) is 0.935. The maximum absolute atomic E-state index is 12.6. The summed E-state index contributed by atoms with van der Waals surface area (Å²) in [6, 6.07) is 7.53. The molecule has 2 aliphatic heterocycles. The van der Waals surface area contributed by atoms with E-state index in [2.05, 4.69) is 15.5 Å². The molecule has 3 fully saturated rings. The van der Waals surface area contributed by atoms with E-state index >= 15 is 0 Å². The number of aromatic nitrogens is 2. The summed E-state index contributed by atoms with van der Waals surface area (Å²) in [7, 11) is 0. The Hall–Kier alpha value is -2.21. The van der Waals surface area contributed by atoms with Crippen LogP contribution in [0.2, 0.25) is 0 Å². The van der Waals surface area contributed by atoms with E-state index in [4.69, 9.17) is 9.26 Å². The largest absolute Gasteiger partial charge is 0.373 e. The number of nitrogens with zero attached hydrogens (tertiary/aromatic N) is 2. The third-order valence-electron chi connectivity index (χ3n) is 5.17. The predicted molar refractivity (Wildman–Crippen MR) is 85.5 cm³/mol. The highest BCUT2D eigenvalue weighted by molar-refractivity contribution is 5.95. The van der Waals surface area contributed by atoms with Crippen molar-refractivity contribution in [3.05, 3.63) is 35.7 Å². The van der Waals surface area contributed by atoms with Crippen molar-refractivity contribution < 1.29 is 14.1 Å². The summed E-state index contributed by atoms with van der Waals surface area (Å²) in [4.78, 5) is 17.0. The summed E-state index contributed by atoms with van der Waals surface area (Å²) in [5.41, 5.74) is 1.43. The molecule has 2 aromatic rings. The molecular weight excluding hydrogens is 306 g/mol. The van der Waals surface area contributed by atoms with Gasteiger partial charge in [-0.3, -0.25) is 4.79 Å². The summed E-state index contributed by atoms with van der Waals surface area (Å²) in [6.07, 6.45) is 5.83. The standard InChI is InChI=1S/C18H19N3O3/c22-17(19-14-9-13-6-7-15(14)23-13)12-3-1-2-11(8-12)16-20-18(24-21-16)10-4-5-10/h1-3,8,10,13-15H,4-7,9H2,(H,19,22)/t13-,14-,15-/m1/s1. The zero-order chi connectivity index (χ0) is 16.1. The van der Waals surface area contributed by atoms with Gasteiger partial charge in [-0.1, -0.05) is 17.3 Å². The molecule has 0 radical (unpaired) electrons. The van der Waals surface area contributed by atoms with Crippen molar-refractivity contribution in [1.82, 2.24) is 15.5 Å². The second-order valence-electron chi connectivity index (χ2n) is 7.00. The molecule has 1 aromatic heterocycles. The van der Waals surface area contributed by atoms with Crippen molar-refractivity contribution in [3.63, 3.8) is 0 Å². The SMILES string of the molecule is O=C(N[C@@H]1C[C@H]2CC[C@H]1O2)c1cccc(-c2noc(C3CC3)n2)c1. The summed E-state index contributed by atoms with van der Waals surface area (Å²) in [5, 5.41) is 7.16. The smallest absolute Gasteiger partial charge is 0.251 e. The first-order valence-corrected chi connectivity index (χ1v) is 8.66. The number of rotatable bonds is 4. The van der Waals surface area contributed by atoms with Gasteiger partial charge in [-0.2, -0.15) is 4.98 Å². The minimum atomic E-state index is -0.0658. The first-order valence-electron chi connectivity index (χ1n) is 8.66. The van der Waals surface area contributed by atoms with Gasteiger partial charge in [-0.25, -0.2) is 0 Å². The fourth-order valence-corrected chi connectivity index (χ4v) is 3.69. The maximum Gasteiger partial charge on any atom is 0.251 e. The van der Waals surface area contributed by atoms with E-state index < -0.39 is 0 Å². The van der Waals surface area contributed by atoms with Gasteiger partial charge in [0.15, 0.2) is 0 Å². The Morgan fingerprint density at radius 1 is 1.21 bits per heavy atom. The van der Waals surface area contributed by atoms with E-state index in [1.54, 1.807) is 0 Å². The molecule has 1 aromatic carbocycles. The Bertz CT molecular complexity index is 783. The van der Waals surface area contributed by atoms with Crippen LogP contribution in [-0.4, -0.2) is 34.3 Å². The van der Waals surface area contributed by atoms with E-state index in [-0.39, 0.29) is 18.1 Å². The van der Waals surface area contributed by atoms with E-state index in [0.717, 1.165) is 37.7 Å². The molecule has 1 saturated carbocycles. The minimum Gasteiger partial charge on any atom is -0.373 e. The van der Waals surface area contributed by atoms with E-state index in [1.807, 2.05) is 24.3 Å². The second-order valence-corrected chi connectivity index (χ2v) is 7.00. The van der Waals surface area contributed by atoms with Gasteiger partial charge in [-0.15, -0.1) is 0 Å². The van der Waals surface area contributed by atoms with Crippen LogP contribution in [-0.2, 0) is 4.74 Å². The van der Waals surface area contributed by atoms with Crippen molar-refractivity contribution in [2.24, 2.45) is 0 Å². The number of hydrogen-bond donors (Lipinski definition) is 1. The number of carbonyl (C=O) groups excluding carboxylic acids is 1. The van der Waals surface area contributed by atoms with Gasteiger partial charge in [0, 0.05) is 17.0 Å². The molecule has 1 aliphatic carbocycles. The summed E-state index contributed by atoms with van der Waals surface area (Å²) in [5.74, 6) is 1.62. The van der Waals surface area contributed by atoms with Crippen LogP contribution in [0.15, 0.2) is 28.8 Å². The highest BCUT2D eigenvalue weighted by Crippen LogP contribution is 2.39. The molecule has 24 heavy (non-hydrogen) atoms. The minimum absolute atomic E-state index is 0.0658. The second kappa shape index (κ2) is 5.41. The molecule has 1 amide bonds. The van der Waals surface area contributed by atoms with Crippen LogP contribution in [0.25, 0.3) is 11.4 Å². The van der Waals surface area contributed by atoms with Gasteiger partial charge in [0.2, 0.25) is 11.7 Å². The van der Waals surface area contributed by atoms with E-state index in [9.17, 15) is 4.79 Å². The lowest BCUT2D eigenvalue weighted by molar-refractivity contribution is 0.0841. The Morgan fingerprint density at radius 2 is 2.12 bits per heavy atom. The third-order valence-corrected chi connectivity index (χ3v) is 5.17. The molecule has 3 heterocycles. The van der Waals surface area contributed by atoms with Gasteiger partial charge >= 0.3 is 0 Å². The monoisotopic (exact) mass is 325 g/mol. The number of amides is 1. The molecule has 2 bridgehead atoms. The van der Waals surface area contributed by atoms with Crippen molar-refractivity contribution in [2.75, 3.05) is 0 Å². The average Bonchev–Trinajstić information content (AvgIpc) is 3.02. The van der Waals surface area contributed by atoms with Crippen LogP contribution in [0, 0.1) is 0 Å². The molecule has 6 heteroatoms. The van der Waals surface area contributed by atoms with Crippen LogP contribution >= 0.6 is 0 Å². The van der Waals surface area contributed by atoms with Crippen LogP contribution in [0.3, 0.4) is 0 Å². The van der Waals surface area contributed by atoms with Gasteiger partial charge < -0.3 is 14.6 Å². The average molecular weight is 325 g/mol. The van der Waals surface area contributed by atoms with Crippen LogP contribution in [0.1, 0.15) is 54.3 Å². The van der Waals surface area contributed by atoms with E-state index in [0.29, 0.717) is 29.3 Å². The van der Waals surface area contributed by atoms with Gasteiger partial charge in [-0.05, 0) is 44.2 Å². The topological polar surface area (TPSA) is 77.2 Å². The Balaban J connectivity index is 1.33. The fraction of sp³-hybridized carbons (Fsp3) is 0.500. The predicted octanol–water partition coefficient (Wildman–Crippen LogP) is 2.66. The molecule has 6 nitrogen and oxygen atoms in total. The third kappa shape index (κ3) is 2.51. The highest BCUT2D eigenvalue weighted by Gasteiger charge is 2.41. The lowest BCUT2D eigenvalue weighted by Gasteiger charge is -2.20. The van der Waals surface area contributed by atoms with Gasteiger partial charge in [0.05, 0.1) is 18.2 Å². The molecule has 0 unspecified atom stereocenters. The zero-order valence-corrected chi connectivity index (χ0v) is 13.3. The zero-order valence-electron chi connectivity index (χ0n) is 13.3. The van der Waals surface area contributed by atoms with Gasteiger partial charge in [0.1, 0.15) is 0 Å². The fourth-order valence-electron chi connectivity index (χ4n) is 3.69. The van der Waals surface area contributed by atoms with Gasteiger partial charge in [0.25, 0.3) is 5.91 Å². The molecule has 3 aliphatic rings. The molecule has 124 valence electrons. The maximum atomic E-state index is 12.6. The van der Waals surface area contributed by atoms with Crippen molar-refractivity contribution >= 4 is 5.91 Å². The first-order chi connectivity index (χ1) is 11.8. The molecule has 2 saturated heterocycles. The summed E-state index contributed by atoms with van der Waals surface area (Å²) in [6.45, 7) is 0.